The molecule has 1 aromatic carbocycles. The van der Waals surface area contributed by atoms with E-state index in [2.05, 4.69) is 10.5 Å². The fraction of sp³-hybridized carbons (Fsp3) is 0.167. The van der Waals surface area contributed by atoms with Gasteiger partial charge < -0.3 is 9.84 Å². The van der Waals surface area contributed by atoms with Crippen LogP contribution in [0.3, 0.4) is 0 Å². The monoisotopic (exact) mass is 261 g/mol. The molecule has 7 heteroatoms. The van der Waals surface area contributed by atoms with Crippen molar-refractivity contribution < 1.29 is 14.2 Å². The number of amides is 1. The van der Waals surface area contributed by atoms with Crippen LogP contribution in [0, 0.1) is 24.0 Å². The SMILES string of the molecule is Cc1cc(C(=O)Nc2ccc(C)c([N+](=O)[O-])c2)no1. The van der Waals surface area contributed by atoms with Gasteiger partial charge in [0.25, 0.3) is 11.6 Å². The summed E-state index contributed by atoms with van der Waals surface area (Å²) in [4.78, 5) is 22.1. The molecule has 7 nitrogen and oxygen atoms in total. The van der Waals surface area contributed by atoms with Crippen LogP contribution in [0.5, 0.6) is 0 Å². The van der Waals surface area contributed by atoms with Crippen molar-refractivity contribution in [3.8, 4) is 0 Å². The Bertz CT molecular complexity index is 648. The number of carbonyl (C=O) groups is 1. The van der Waals surface area contributed by atoms with Gasteiger partial charge in [0.2, 0.25) is 0 Å². The maximum Gasteiger partial charge on any atom is 0.277 e. The highest BCUT2D eigenvalue weighted by Crippen LogP contribution is 2.22. The molecule has 19 heavy (non-hydrogen) atoms. The Kier molecular flexibility index (Phi) is 3.28. The van der Waals surface area contributed by atoms with E-state index in [1.165, 1.54) is 12.1 Å². The average molecular weight is 261 g/mol. The summed E-state index contributed by atoms with van der Waals surface area (Å²) >= 11 is 0. The van der Waals surface area contributed by atoms with Crippen LogP contribution in [0.25, 0.3) is 0 Å². The summed E-state index contributed by atoms with van der Waals surface area (Å²) in [5.74, 6) is 0.0371. The van der Waals surface area contributed by atoms with E-state index in [4.69, 9.17) is 4.52 Å². The van der Waals surface area contributed by atoms with Gasteiger partial charge in [-0.3, -0.25) is 14.9 Å². The first kappa shape index (κ1) is 12.7. The summed E-state index contributed by atoms with van der Waals surface area (Å²) in [5, 5.41) is 16.9. The second-order valence-corrected chi connectivity index (χ2v) is 4.04. The fourth-order valence-electron chi connectivity index (χ4n) is 1.55. The molecule has 0 unspecified atom stereocenters. The molecule has 98 valence electrons. The van der Waals surface area contributed by atoms with Gasteiger partial charge in [-0.05, 0) is 19.9 Å². The third kappa shape index (κ3) is 2.76. The number of aryl methyl sites for hydroxylation is 2. The van der Waals surface area contributed by atoms with Crippen LogP contribution in [-0.4, -0.2) is 16.0 Å². The van der Waals surface area contributed by atoms with E-state index in [0.717, 1.165) is 0 Å². The minimum Gasteiger partial charge on any atom is -0.361 e. The minimum atomic E-state index is -0.495. The van der Waals surface area contributed by atoms with Crippen molar-refractivity contribution in [3.05, 3.63) is 51.4 Å². The van der Waals surface area contributed by atoms with Gasteiger partial charge in [0.1, 0.15) is 5.76 Å². The first-order valence-corrected chi connectivity index (χ1v) is 5.47. The first-order chi connectivity index (χ1) is 8.97. The molecule has 1 aromatic heterocycles. The second kappa shape index (κ2) is 4.89. The fourth-order valence-corrected chi connectivity index (χ4v) is 1.55. The van der Waals surface area contributed by atoms with Gasteiger partial charge in [-0.25, -0.2) is 0 Å². The number of hydrogen-bond acceptors (Lipinski definition) is 5. The van der Waals surface area contributed by atoms with Crippen LogP contribution in [-0.2, 0) is 0 Å². The smallest absolute Gasteiger partial charge is 0.277 e. The van der Waals surface area contributed by atoms with Crippen molar-refractivity contribution in [3.63, 3.8) is 0 Å². The van der Waals surface area contributed by atoms with E-state index < -0.39 is 10.8 Å². The molecule has 2 aromatic rings. The summed E-state index contributed by atoms with van der Waals surface area (Å²) in [6, 6.07) is 5.95. The average Bonchev–Trinajstić information content (AvgIpc) is 2.78. The minimum absolute atomic E-state index is 0.0471. The van der Waals surface area contributed by atoms with Crippen molar-refractivity contribution in [2.75, 3.05) is 5.32 Å². The largest absolute Gasteiger partial charge is 0.361 e. The number of benzene rings is 1. The quantitative estimate of drug-likeness (QED) is 0.675. The Morgan fingerprint density at radius 2 is 2.11 bits per heavy atom. The molecule has 1 heterocycles. The molecule has 0 fully saturated rings. The number of nitro benzene ring substituents is 1. The number of nitro groups is 1. The van der Waals surface area contributed by atoms with Gasteiger partial charge in [-0.15, -0.1) is 0 Å². The number of nitrogens with one attached hydrogen (secondary N) is 1. The van der Waals surface area contributed by atoms with Crippen molar-refractivity contribution in [2.45, 2.75) is 13.8 Å². The lowest BCUT2D eigenvalue weighted by Crippen LogP contribution is -2.12. The number of aromatic nitrogens is 1. The van der Waals surface area contributed by atoms with Crippen LogP contribution in [0.2, 0.25) is 0 Å². The molecule has 0 saturated heterocycles. The van der Waals surface area contributed by atoms with E-state index in [1.54, 1.807) is 26.0 Å². The van der Waals surface area contributed by atoms with E-state index in [-0.39, 0.29) is 11.4 Å². The molecule has 0 radical (unpaired) electrons. The van der Waals surface area contributed by atoms with Crippen molar-refractivity contribution >= 4 is 17.3 Å². The number of hydrogen-bond donors (Lipinski definition) is 1. The summed E-state index contributed by atoms with van der Waals surface area (Å²) in [6.07, 6.45) is 0. The predicted molar refractivity (Wildman–Crippen MR) is 67.0 cm³/mol. The summed E-state index contributed by atoms with van der Waals surface area (Å²) < 4.78 is 4.79. The van der Waals surface area contributed by atoms with Gasteiger partial charge in [0, 0.05) is 23.4 Å². The highest BCUT2D eigenvalue weighted by atomic mass is 16.6. The van der Waals surface area contributed by atoms with Crippen LogP contribution in [0.15, 0.2) is 28.8 Å². The lowest BCUT2D eigenvalue weighted by Gasteiger charge is -2.04. The number of rotatable bonds is 3. The second-order valence-electron chi connectivity index (χ2n) is 4.04. The molecular weight excluding hydrogens is 250 g/mol. The topological polar surface area (TPSA) is 98.3 Å². The van der Waals surface area contributed by atoms with E-state index in [9.17, 15) is 14.9 Å². The Morgan fingerprint density at radius 1 is 1.37 bits per heavy atom. The standard InChI is InChI=1S/C12H11N3O4/c1-7-3-4-9(6-11(7)15(17)18)13-12(16)10-5-8(2)19-14-10/h3-6H,1-2H3,(H,13,16). The summed E-state index contributed by atoms with van der Waals surface area (Å²) in [7, 11) is 0. The Morgan fingerprint density at radius 3 is 2.68 bits per heavy atom. The van der Waals surface area contributed by atoms with Crippen LogP contribution in [0.1, 0.15) is 21.8 Å². The highest BCUT2D eigenvalue weighted by molar-refractivity contribution is 6.02. The molecular formula is C12H11N3O4. The van der Waals surface area contributed by atoms with Crippen LogP contribution >= 0.6 is 0 Å². The van der Waals surface area contributed by atoms with Crippen LogP contribution in [0.4, 0.5) is 11.4 Å². The zero-order chi connectivity index (χ0) is 14.0. The zero-order valence-corrected chi connectivity index (χ0v) is 10.3. The first-order valence-electron chi connectivity index (χ1n) is 5.47. The normalized spacial score (nSPS) is 10.2. The third-order valence-electron chi connectivity index (χ3n) is 2.52. The van der Waals surface area contributed by atoms with Gasteiger partial charge in [-0.1, -0.05) is 11.2 Å². The van der Waals surface area contributed by atoms with Gasteiger partial charge >= 0.3 is 0 Å². The molecule has 1 amide bonds. The molecule has 0 spiro atoms. The Hall–Kier alpha value is -2.70. The Balaban J connectivity index is 2.22. The molecule has 2 rings (SSSR count). The summed E-state index contributed by atoms with van der Waals surface area (Å²) in [5.41, 5.74) is 0.943. The third-order valence-corrected chi connectivity index (χ3v) is 2.52. The molecule has 1 N–H and O–H groups in total. The van der Waals surface area contributed by atoms with Crippen LogP contribution < -0.4 is 5.32 Å². The molecule has 0 atom stereocenters. The highest BCUT2D eigenvalue weighted by Gasteiger charge is 2.15. The molecule has 0 saturated carbocycles. The molecule has 0 aliphatic rings. The maximum absolute atomic E-state index is 11.8. The number of nitrogens with zero attached hydrogens (tertiary/aromatic N) is 2. The van der Waals surface area contributed by atoms with E-state index in [0.29, 0.717) is 17.0 Å². The lowest BCUT2D eigenvalue weighted by molar-refractivity contribution is -0.385. The number of carbonyl (C=O) groups excluding carboxylic acids is 1. The predicted octanol–water partition coefficient (Wildman–Crippen LogP) is 2.45. The Labute approximate surface area is 108 Å². The summed E-state index contributed by atoms with van der Waals surface area (Å²) in [6.45, 7) is 3.30. The van der Waals surface area contributed by atoms with Gasteiger partial charge in [-0.2, -0.15) is 0 Å². The maximum atomic E-state index is 11.8. The van der Waals surface area contributed by atoms with Gasteiger partial charge in [0.05, 0.1) is 4.92 Å². The van der Waals surface area contributed by atoms with Crippen molar-refractivity contribution in [1.82, 2.24) is 5.16 Å². The van der Waals surface area contributed by atoms with Gasteiger partial charge in [0.15, 0.2) is 5.69 Å². The zero-order valence-electron chi connectivity index (χ0n) is 10.3. The molecule has 0 bridgehead atoms. The van der Waals surface area contributed by atoms with E-state index in [1.807, 2.05) is 0 Å². The lowest BCUT2D eigenvalue weighted by atomic mass is 10.2. The number of anilines is 1. The molecule has 0 aliphatic heterocycles. The van der Waals surface area contributed by atoms with E-state index >= 15 is 0 Å². The van der Waals surface area contributed by atoms with Crippen molar-refractivity contribution in [2.24, 2.45) is 0 Å². The van der Waals surface area contributed by atoms with Crippen molar-refractivity contribution in [1.29, 1.82) is 0 Å². The molecule has 0 aliphatic carbocycles.